The van der Waals surface area contributed by atoms with Crippen LogP contribution in [-0.2, 0) is 16.0 Å². The maximum Gasteiger partial charge on any atom is 0.191 e. The third kappa shape index (κ3) is 10.9. The molecule has 26 heavy (non-hydrogen) atoms. The van der Waals surface area contributed by atoms with Crippen LogP contribution in [0.4, 0.5) is 0 Å². The summed E-state index contributed by atoms with van der Waals surface area (Å²) in [7, 11) is 1.68. The van der Waals surface area contributed by atoms with Gasteiger partial charge in [0.2, 0.25) is 0 Å². The van der Waals surface area contributed by atoms with Crippen molar-refractivity contribution in [2.45, 2.75) is 39.7 Å². The number of unbranched alkanes of at least 4 members (excludes halogenated alkanes) is 1. The molecular weight excluding hydrogens is 330 g/mol. The third-order valence-electron chi connectivity index (χ3n) is 3.62. The summed E-state index contributed by atoms with van der Waals surface area (Å²) in [5.41, 5.74) is 1.14. The summed E-state index contributed by atoms with van der Waals surface area (Å²) in [6.07, 6.45) is 3.14. The number of nitrogens with zero attached hydrogens (tertiary/aromatic N) is 1. The fourth-order valence-corrected chi connectivity index (χ4v) is 2.21. The van der Waals surface area contributed by atoms with Gasteiger partial charge >= 0.3 is 0 Å². The van der Waals surface area contributed by atoms with Crippen molar-refractivity contribution in [2.24, 2.45) is 4.99 Å². The first-order valence-corrected chi connectivity index (χ1v) is 9.60. The van der Waals surface area contributed by atoms with E-state index in [1.807, 2.05) is 12.1 Å². The number of nitrogens with one attached hydrogen (secondary N) is 2. The van der Waals surface area contributed by atoms with E-state index in [0.29, 0.717) is 26.4 Å². The van der Waals surface area contributed by atoms with E-state index in [1.165, 1.54) is 0 Å². The summed E-state index contributed by atoms with van der Waals surface area (Å²) in [5.74, 6) is 1.74. The molecule has 0 atom stereocenters. The van der Waals surface area contributed by atoms with Crippen LogP contribution in [0.5, 0.6) is 5.75 Å². The minimum absolute atomic E-state index is 0.616. The standard InChI is InChI=1S/C20H35N3O3/c1-4-6-13-26-19-10-7-9-18(16-19)17-23-20(21-5-2)22-11-8-12-25-15-14-24-3/h7,9-10,16H,4-6,8,11-15,17H2,1-3H3,(H2,21,22,23). The van der Waals surface area contributed by atoms with Gasteiger partial charge in [-0.15, -0.1) is 0 Å². The molecule has 1 aromatic carbocycles. The Labute approximate surface area is 158 Å². The van der Waals surface area contributed by atoms with Gasteiger partial charge in [-0.25, -0.2) is 4.99 Å². The van der Waals surface area contributed by atoms with Crippen molar-refractivity contribution in [1.29, 1.82) is 0 Å². The van der Waals surface area contributed by atoms with Crippen molar-refractivity contribution >= 4 is 5.96 Å². The van der Waals surface area contributed by atoms with Gasteiger partial charge in [0.05, 0.1) is 26.4 Å². The van der Waals surface area contributed by atoms with E-state index in [2.05, 4.69) is 41.6 Å². The monoisotopic (exact) mass is 365 g/mol. The Bertz CT molecular complexity index is 495. The molecule has 0 aromatic heterocycles. The average Bonchev–Trinajstić information content (AvgIpc) is 2.66. The molecule has 0 saturated heterocycles. The number of ether oxygens (including phenoxy) is 3. The number of aliphatic imine (C=N–C) groups is 1. The highest BCUT2D eigenvalue weighted by atomic mass is 16.5. The minimum Gasteiger partial charge on any atom is -0.494 e. The van der Waals surface area contributed by atoms with E-state index in [9.17, 15) is 0 Å². The lowest BCUT2D eigenvalue weighted by atomic mass is 10.2. The quantitative estimate of drug-likeness (QED) is 0.301. The summed E-state index contributed by atoms with van der Waals surface area (Å²) in [6, 6.07) is 8.15. The lowest BCUT2D eigenvalue weighted by Crippen LogP contribution is -2.38. The molecule has 6 nitrogen and oxygen atoms in total. The molecule has 0 aliphatic rings. The molecule has 0 unspecified atom stereocenters. The zero-order valence-electron chi connectivity index (χ0n) is 16.6. The Morgan fingerprint density at radius 2 is 1.92 bits per heavy atom. The number of hydrogen-bond acceptors (Lipinski definition) is 4. The second-order valence-corrected chi connectivity index (χ2v) is 5.93. The summed E-state index contributed by atoms with van der Waals surface area (Å²) >= 11 is 0. The van der Waals surface area contributed by atoms with Crippen molar-refractivity contribution in [3.63, 3.8) is 0 Å². The van der Waals surface area contributed by atoms with Gasteiger partial charge < -0.3 is 24.8 Å². The Morgan fingerprint density at radius 1 is 1.04 bits per heavy atom. The first-order chi connectivity index (χ1) is 12.8. The van der Waals surface area contributed by atoms with Crippen molar-refractivity contribution < 1.29 is 14.2 Å². The largest absolute Gasteiger partial charge is 0.494 e. The second-order valence-electron chi connectivity index (χ2n) is 5.93. The van der Waals surface area contributed by atoms with E-state index >= 15 is 0 Å². The molecule has 1 aromatic rings. The van der Waals surface area contributed by atoms with Gasteiger partial charge in [0.1, 0.15) is 5.75 Å². The number of guanidine groups is 1. The Balaban J connectivity index is 2.39. The molecule has 0 radical (unpaired) electrons. The summed E-state index contributed by atoms with van der Waals surface area (Å²) in [6.45, 7) is 9.25. The highest BCUT2D eigenvalue weighted by Gasteiger charge is 2.00. The molecule has 0 bridgehead atoms. The number of methoxy groups -OCH3 is 1. The van der Waals surface area contributed by atoms with Crippen LogP contribution >= 0.6 is 0 Å². The topological polar surface area (TPSA) is 64.1 Å². The average molecular weight is 366 g/mol. The lowest BCUT2D eigenvalue weighted by Gasteiger charge is -2.12. The van der Waals surface area contributed by atoms with Gasteiger partial charge in [-0.2, -0.15) is 0 Å². The van der Waals surface area contributed by atoms with Gasteiger partial charge in [0.15, 0.2) is 5.96 Å². The number of benzene rings is 1. The SMILES string of the molecule is CCCCOc1cccc(CN=C(NCC)NCCCOCCOC)c1. The minimum atomic E-state index is 0.616. The van der Waals surface area contributed by atoms with Gasteiger partial charge in [-0.05, 0) is 37.5 Å². The van der Waals surface area contributed by atoms with Gasteiger partial charge in [-0.3, -0.25) is 0 Å². The van der Waals surface area contributed by atoms with Crippen molar-refractivity contribution in [3.05, 3.63) is 29.8 Å². The van der Waals surface area contributed by atoms with E-state index < -0.39 is 0 Å². The van der Waals surface area contributed by atoms with E-state index in [4.69, 9.17) is 14.2 Å². The van der Waals surface area contributed by atoms with Crippen molar-refractivity contribution in [1.82, 2.24) is 10.6 Å². The molecule has 0 spiro atoms. The predicted molar refractivity (Wildman–Crippen MR) is 107 cm³/mol. The van der Waals surface area contributed by atoms with Crippen LogP contribution in [0.15, 0.2) is 29.3 Å². The fraction of sp³-hybridized carbons (Fsp3) is 0.650. The molecule has 0 saturated carbocycles. The molecular formula is C20H35N3O3. The molecule has 148 valence electrons. The maximum atomic E-state index is 5.76. The predicted octanol–water partition coefficient (Wildman–Crippen LogP) is 2.97. The van der Waals surface area contributed by atoms with Crippen molar-refractivity contribution in [2.75, 3.05) is 46.6 Å². The van der Waals surface area contributed by atoms with Crippen LogP contribution in [0.1, 0.15) is 38.7 Å². The number of hydrogen-bond donors (Lipinski definition) is 2. The molecule has 0 amide bonds. The Kier molecular flexibility index (Phi) is 13.2. The normalized spacial score (nSPS) is 11.4. The maximum absolute atomic E-state index is 5.76. The van der Waals surface area contributed by atoms with Crippen LogP contribution in [0.3, 0.4) is 0 Å². The van der Waals surface area contributed by atoms with Crippen LogP contribution in [0, 0.1) is 0 Å². The molecule has 0 heterocycles. The smallest absolute Gasteiger partial charge is 0.191 e. The highest BCUT2D eigenvalue weighted by molar-refractivity contribution is 5.79. The van der Waals surface area contributed by atoms with Gasteiger partial charge in [0, 0.05) is 26.8 Å². The third-order valence-corrected chi connectivity index (χ3v) is 3.62. The molecule has 2 N–H and O–H groups in total. The first-order valence-electron chi connectivity index (χ1n) is 9.60. The summed E-state index contributed by atoms with van der Waals surface area (Å²) in [4.78, 5) is 4.65. The van der Waals surface area contributed by atoms with E-state index in [-0.39, 0.29) is 0 Å². The van der Waals surface area contributed by atoms with E-state index in [1.54, 1.807) is 7.11 Å². The summed E-state index contributed by atoms with van der Waals surface area (Å²) in [5, 5.41) is 6.60. The molecule has 0 aliphatic carbocycles. The first kappa shape index (κ1) is 22.3. The highest BCUT2D eigenvalue weighted by Crippen LogP contribution is 2.14. The van der Waals surface area contributed by atoms with Crippen LogP contribution in [0.25, 0.3) is 0 Å². The summed E-state index contributed by atoms with van der Waals surface area (Å²) < 4.78 is 16.2. The molecule has 0 aliphatic heterocycles. The van der Waals surface area contributed by atoms with Crippen LogP contribution in [0.2, 0.25) is 0 Å². The van der Waals surface area contributed by atoms with Crippen LogP contribution in [-0.4, -0.2) is 52.6 Å². The Hall–Kier alpha value is -1.79. The second kappa shape index (κ2) is 15.5. The van der Waals surface area contributed by atoms with Gasteiger partial charge in [-0.1, -0.05) is 25.5 Å². The van der Waals surface area contributed by atoms with Crippen molar-refractivity contribution in [3.8, 4) is 5.75 Å². The zero-order valence-corrected chi connectivity index (χ0v) is 16.6. The van der Waals surface area contributed by atoms with E-state index in [0.717, 1.165) is 56.2 Å². The molecule has 1 rings (SSSR count). The Morgan fingerprint density at radius 3 is 2.69 bits per heavy atom. The fourth-order valence-electron chi connectivity index (χ4n) is 2.21. The zero-order chi connectivity index (χ0) is 18.9. The van der Waals surface area contributed by atoms with Gasteiger partial charge in [0.25, 0.3) is 0 Å². The van der Waals surface area contributed by atoms with Crippen LogP contribution < -0.4 is 15.4 Å². The molecule has 6 heteroatoms. The lowest BCUT2D eigenvalue weighted by molar-refractivity contribution is 0.0698. The molecule has 0 fully saturated rings. The number of rotatable bonds is 14.